The van der Waals surface area contributed by atoms with Crippen molar-refractivity contribution in [2.45, 2.75) is 46.8 Å². The first-order valence-electron chi connectivity index (χ1n) is 9.88. The Bertz CT molecular complexity index is 1000. The van der Waals surface area contributed by atoms with E-state index in [9.17, 15) is 9.90 Å². The summed E-state index contributed by atoms with van der Waals surface area (Å²) in [5, 5.41) is 11.7. The number of benzene rings is 1. The summed E-state index contributed by atoms with van der Waals surface area (Å²) >= 11 is 1.61. The van der Waals surface area contributed by atoms with Crippen molar-refractivity contribution >= 4 is 17.3 Å². The molecule has 1 N–H and O–H groups in total. The van der Waals surface area contributed by atoms with Crippen molar-refractivity contribution in [1.29, 1.82) is 0 Å². The number of aryl methyl sites for hydroxylation is 1. The number of aromatic nitrogens is 1. The van der Waals surface area contributed by atoms with Gasteiger partial charge < -0.3 is 19.1 Å². The molecule has 154 valence electrons. The number of carboxylic acid groups (broad SMARTS) is 1. The average Bonchev–Trinajstić information content (AvgIpc) is 3.36. The molecule has 0 fully saturated rings. The Morgan fingerprint density at radius 3 is 2.52 bits per heavy atom. The molecule has 0 radical (unpaired) electrons. The molecule has 0 bridgehead atoms. The molecule has 1 aromatic carbocycles. The fourth-order valence-corrected chi connectivity index (χ4v) is 4.38. The standard InChI is InChI=1S/C21H21NO4S.C2H6/c1-12(2)26-18-11-14-13(9-17(18)25-3)6-7-22-16(21(23)24)10-15(20(14)22)19-5-4-8-27-19;1-2/h4-5,8-12H,6-7H2,1-3H3,(H,23,24);1-2H3. The molecule has 0 aliphatic carbocycles. The fraction of sp³-hybridized carbons (Fsp3) is 0.348. The van der Waals surface area contributed by atoms with Gasteiger partial charge in [0.05, 0.1) is 18.9 Å². The van der Waals surface area contributed by atoms with Gasteiger partial charge in [0.25, 0.3) is 0 Å². The predicted molar refractivity (Wildman–Crippen MR) is 118 cm³/mol. The van der Waals surface area contributed by atoms with E-state index in [0.717, 1.165) is 33.7 Å². The lowest BCUT2D eigenvalue weighted by Gasteiger charge is -2.24. The van der Waals surface area contributed by atoms with Crippen LogP contribution < -0.4 is 9.47 Å². The number of carbonyl (C=O) groups is 1. The van der Waals surface area contributed by atoms with Gasteiger partial charge in [-0.05, 0) is 55.5 Å². The Morgan fingerprint density at radius 1 is 1.17 bits per heavy atom. The molecule has 0 saturated heterocycles. The van der Waals surface area contributed by atoms with Crippen molar-refractivity contribution < 1.29 is 19.4 Å². The van der Waals surface area contributed by atoms with Crippen LogP contribution in [0.3, 0.4) is 0 Å². The van der Waals surface area contributed by atoms with Gasteiger partial charge in [0.2, 0.25) is 0 Å². The van der Waals surface area contributed by atoms with Gasteiger partial charge in [-0.2, -0.15) is 0 Å². The van der Waals surface area contributed by atoms with Crippen LogP contribution in [-0.4, -0.2) is 28.9 Å². The number of nitrogens with zero attached hydrogens (tertiary/aromatic N) is 1. The largest absolute Gasteiger partial charge is 0.493 e. The Balaban J connectivity index is 0.00000117. The normalized spacial score (nSPS) is 11.9. The maximum Gasteiger partial charge on any atom is 0.352 e. The highest BCUT2D eigenvalue weighted by molar-refractivity contribution is 7.13. The first-order chi connectivity index (χ1) is 14.0. The monoisotopic (exact) mass is 413 g/mol. The van der Waals surface area contributed by atoms with Gasteiger partial charge in [0.15, 0.2) is 11.5 Å². The Kier molecular flexibility index (Phi) is 6.33. The number of thiophene rings is 1. The van der Waals surface area contributed by atoms with Crippen LogP contribution in [-0.2, 0) is 13.0 Å². The number of hydrogen-bond donors (Lipinski definition) is 1. The van der Waals surface area contributed by atoms with Crippen LogP contribution >= 0.6 is 11.3 Å². The number of fused-ring (bicyclic) bond motifs is 3. The molecular formula is C23H27NO4S. The summed E-state index contributed by atoms with van der Waals surface area (Å²) in [6.45, 7) is 8.57. The van der Waals surface area contributed by atoms with Crippen molar-refractivity contribution in [3.63, 3.8) is 0 Å². The van der Waals surface area contributed by atoms with E-state index in [0.29, 0.717) is 23.7 Å². The van der Waals surface area contributed by atoms with Crippen molar-refractivity contribution in [3.05, 3.63) is 47.0 Å². The molecule has 0 atom stereocenters. The molecule has 2 aromatic heterocycles. The smallest absolute Gasteiger partial charge is 0.352 e. The summed E-state index contributed by atoms with van der Waals surface area (Å²) in [5.74, 6) is 0.475. The van der Waals surface area contributed by atoms with Gasteiger partial charge in [-0.3, -0.25) is 0 Å². The highest BCUT2D eigenvalue weighted by Gasteiger charge is 2.28. The zero-order valence-corrected chi connectivity index (χ0v) is 18.3. The Hall–Kier alpha value is -2.73. The summed E-state index contributed by atoms with van der Waals surface area (Å²) in [5.41, 5.74) is 4.36. The van der Waals surface area contributed by atoms with Crippen molar-refractivity contribution in [2.24, 2.45) is 0 Å². The third kappa shape index (κ3) is 3.90. The van der Waals surface area contributed by atoms with Crippen LogP contribution in [0.2, 0.25) is 0 Å². The molecule has 5 nitrogen and oxygen atoms in total. The SMILES string of the molecule is CC.COc1cc2c(cc1OC(C)C)-c1c(-c3cccs3)cc(C(=O)O)n1CC2. The lowest BCUT2D eigenvalue weighted by Crippen LogP contribution is -2.16. The van der Waals surface area contributed by atoms with Crippen molar-refractivity contribution in [3.8, 4) is 33.2 Å². The number of aromatic carboxylic acids is 1. The minimum atomic E-state index is -0.908. The molecule has 3 heterocycles. The number of rotatable bonds is 5. The third-order valence-electron chi connectivity index (χ3n) is 4.71. The van der Waals surface area contributed by atoms with Gasteiger partial charge in [-0.25, -0.2) is 4.79 Å². The summed E-state index contributed by atoms with van der Waals surface area (Å²) in [7, 11) is 1.64. The quantitative estimate of drug-likeness (QED) is 0.561. The first kappa shape index (κ1) is 21.0. The van der Waals surface area contributed by atoms with Crippen molar-refractivity contribution in [1.82, 2.24) is 4.57 Å². The van der Waals surface area contributed by atoms with Gasteiger partial charge >= 0.3 is 5.97 Å². The Morgan fingerprint density at radius 2 is 1.93 bits per heavy atom. The molecular weight excluding hydrogens is 386 g/mol. The van der Waals surface area contributed by atoms with E-state index in [-0.39, 0.29) is 6.10 Å². The van der Waals surface area contributed by atoms with Crippen LogP contribution in [0, 0.1) is 0 Å². The number of hydrogen-bond acceptors (Lipinski definition) is 4. The molecule has 0 amide bonds. The molecule has 1 aliphatic rings. The highest BCUT2D eigenvalue weighted by atomic mass is 32.1. The molecule has 6 heteroatoms. The first-order valence-corrected chi connectivity index (χ1v) is 10.8. The number of ether oxygens (including phenoxy) is 2. The van der Waals surface area contributed by atoms with Crippen LogP contribution in [0.25, 0.3) is 21.7 Å². The zero-order chi connectivity index (χ0) is 21.1. The minimum Gasteiger partial charge on any atom is -0.493 e. The van der Waals surface area contributed by atoms with E-state index >= 15 is 0 Å². The molecule has 3 aromatic rings. The third-order valence-corrected chi connectivity index (χ3v) is 5.62. The van der Waals surface area contributed by atoms with E-state index in [1.165, 1.54) is 0 Å². The number of carboxylic acids is 1. The van der Waals surface area contributed by atoms with Crippen LogP contribution in [0.4, 0.5) is 0 Å². The van der Waals surface area contributed by atoms with Crippen LogP contribution in [0.1, 0.15) is 43.7 Å². The molecule has 29 heavy (non-hydrogen) atoms. The summed E-state index contributed by atoms with van der Waals surface area (Å²) in [4.78, 5) is 12.9. The maximum absolute atomic E-state index is 11.8. The van der Waals surface area contributed by atoms with Gasteiger partial charge in [0.1, 0.15) is 5.69 Å². The van der Waals surface area contributed by atoms with Crippen LogP contribution in [0.15, 0.2) is 35.7 Å². The van der Waals surface area contributed by atoms with Gasteiger partial charge in [0, 0.05) is 22.5 Å². The van der Waals surface area contributed by atoms with E-state index in [4.69, 9.17) is 9.47 Å². The highest BCUT2D eigenvalue weighted by Crippen LogP contribution is 2.45. The van der Waals surface area contributed by atoms with E-state index in [1.54, 1.807) is 24.5 Å². The van der Waals surface area contributed by atoms with Crippen LogP contribution in [0.5, 0.6) is 11.5 Å². The summed E-state index contributed by atoms with van der Waals surface area (Å²) in [6, 6.07) is 9.79. The molecule has 0 spiro atoms. The molecule has 4 rings (SSSR count). The maximum atomic E-state index is 11.8. The summed E-state index contributed by atoms with van der Waals surface area (Å²) in [6.07, 6.45) is 0.762. The second-order valence-corrected chi connectivity index (χ2v) is 7.75. The van der Waals surface area contributed by atoms with Gasteiger partial charge in [-0.15, -0.1) is 11.3 Å². The summed E-state index contributed by atoms with van der Waals surface area (Å²) < 4.78 is 13.4. The van der Waals surface area contributed by atoms with Crippen molar-refractivity contribution in [2.75, 3.05) is 7.11 Å². The zero-order valence-electron chi connectivity index (χ0n) is 17.5. The lowest BCUT2D eigenvalue weighted by molar-refractivity contribution is 0.0685. The minimum absolute atomic E-state index is 0.0127. The molecule has 1 aliphatic heterocycles. The average molecular weight is 414 g/mol. The fourth-order valence-electron chi connectivity index (χ4n) is 3.64. The number of methoxy groups -OCH3 is 1. The lowest BCUT2D eigenvalue weighted by atomic mass is 9.95. The molecule has 0 saturated carbocycles. The topological polar surface area (TPSA) is 60.7 Å². The van der Waals surface area contributed by atoms with E-state index in [2.05, 4.69) is 0 Å². The van der Waals surface area contributed by atoms with E-state index in [1.807, 2.05) is 61.9 Å². The second-order valence-electron chi connectivity index (χ2n) is 6.80. The second kappa shape index (κ2) is 8.74. The Labute approximate surface area is 175 Å². The van der Waals surface area contributed by atoms with Gasteiger partial charge in [-0.1, -0.05) is 19.9 Å². The predicted octanol–water partition coefficient (Wildman–Crippen LogP) is 5.96. The van der Waals surface area contributed by atoms with E-state index < -0.39 is 5.97 Å². The molecule has 0 unspecified atom stereocenters.